The molecule has 0 bridgehead atoms. The molecule has 1 aromatic carbocycles. The van der Waals surface area contributed by atoms with Crippen molar-refractivity contribution in [2.24, 2.45) is 0 Å². The average Bonchev–Trinajstić information content (AvgIpc) is 2.60. The smallest absolute Gasteiger partial charge is 0.416 e. The van der Waals surface area contributed by atoms with Crippen LogP contribution in [0.2, 0.25) is 0 Å². The summed E-state index contributed by atoms with van der Waals surface area (Å²) in [5, 5.41) is 9.47. The predicted octanol–water partition coefficient (Wildman–Crippen LogP) is 4.03. The molecular weight excluding hydrogens is 333 g/mol. The van der Waals surface area contributed by atoms with Crippen LogP contribution in [0.3, 0.4) is 0 Å². The second-order valence-electron chi connectivity index (χ2n) is 5.25. The van der Waals surface area contributed by atoms with Gasteiger partial charge in [-0.15, -0.1) is 0 Å². The monoisotopic (exact) mass is 346 g/mol. The first kappa shape index (κ1) is 16.7. The minimum absolute atomic E-state index is 0.149. The Morgan fingerprint density at radius 3 is 2.48 bits per heavy atom. The summed E-state index contributed by atoms with van der Waals surface area (Å²) in [5.74, 6) is 0.0806. The zero-order valence-corrected chi connectivity index (χ0v) is 13.1. The standard InChI is InChI=1S/C17H13F3N4O/c1-24(13-4-2-3-12(10-13)17(18,19)20)16-22-8-6-14(23-16)11-5-7-21-15(25)9-11/h2-10H,1H3,(H,21,25). The zero-order chi connectivity index (χ0) is 18.0. The van der Waals surface area contributed by atoms with Crippen molar-refractivity contribution in [3.8, 4) is 17.1 Å². The van der Waals surface area contributed by atoms with Crippen LogP contribution in [-0.4, -0.2) is 27.1 Å². The highest BCUT2D eigenvalue weighted by Crippen LogP contribution is 2.32. The lowest BCUT2D eigenvalue weighted by atomic mass is 10.2. The van der Waals surface area contributed by atoms with E-state index in [1.807, 2.05) is 0 Å². The number of halogens is 3. The molecule has 0 unspecified atom stereocenters. The van der Waals surface area contributed by atoms with E-state index in [4.69, 9.17) is 0 Å². The second-order valence-corrected chi connectivity index (χ2v) is 5.25. The van der Waals surface area contributed by atoms with Gasteiger partial charge in [-0.3, -0.25) is 0 Å². The maximum Gasteiger partial charge on any atom is 0.416 e. The van der Waals surface area contributed by atoms with Crippen LogP contribution in [0.15, 0.2) is 54.9 Å². The summed E-state index contributed by atoms with van der Waals surface area (Å²) in [6.07, 6.45) is -1.49. The van der Waals surface area contributed by atoms with Gasteiger partial charge < -0.3 is 10.0 Å². The summed E-state index contributed by atoms with van der Waals surface area (Å²) in [4.78, 5) is 13.6. The van der Waals surface area contributed by atoms with Gasteiger partial charge in [-0.25, -0.2) is 15.0 Å². The van der Waals surface area contributed by atoms with Crippen LogP contribution >= 0.6 is 0 Å². The lowest BCUT2D eigenvalue weighted by Crippen LogP contribution is -2.14. The van der Waals surface area contributed by atoms with Gasteiger partial charge in [-0.05, 0) is 30.3 Å². The topological polar surface area (TPSA) is 62.1 Å². The largest absolute Gasteiger partial charge is 0.493 e. The number of hydrogen-bond acceptors (Lipinski definition) is 5. The Kier molecular flexibility index (Phi) is 4.26. The fourth-order valence-corrected chi connectivity index (χ4v) is 2.25. The van der Waals surface area contributed by atoms with Crippen LogP contribution in [0.1, 0.15) is 5.56 Å². The van der Waals surface area contributed by atoms with Gasteiger partial charge >= 0.3 is 6.18 Å². The lowest BCUT2D eigenvalue weighted by molar-refractivity contribution is -0.137. The summed E-state index contributed by atoms with van der Waals surface area (Å²) in [6, 6.07) is 9.66. The highest BCUT2D eigenvalue weighted by atomic mass is 19.4. The van der Waals surface area contributed by atoms with Gasteiger partial charge in [0.25, 0.3) is 0 Å². The lowest BCUT2D eigenvalue weighted by Gasteiger charge is -2.19. The first-order valence-corrected chi connectivity index (χ1v) is 7.24. The highest BCUT2D eigenvalue weighted by Gasteiger charge is 2.30. The Hall–Kier alpha value is -3.16. The van der Waals surface area contributed by atoms with Crippen LogP contribution in [0.4, 0.5) is 24.8 Å². The molecule has 1 N–H and O–H groups in total. The molecule has 0 atom stereocenters. The number of aromatic nitrogens is 3. The molecule has 128 valence electrons. The van der Waals surface area contributed by atoms with Gasteiger partial charge in [0.15, 0.2) is 0 Å². The third-order valence-electron chi connectivity index (χ3n) is 3.54. The SMILES string of the molecule is CN(c1cccc(C(F)(F)F)c1)c1nccc(-c2ccnc(O)c2)n1. The van der Waals surface area contributed by atoms with Crippen molar-refractivity contribution in [3.05, 3.63) is 60.4 Å². The van der Waals surface area contributed by atoms with E-state index in [-0.39, 0.29) is 11.8 Å². The third kappa shape index (κ3) is 3.68. The maximum atomic E-state index is 12.9. The second kappa shape index (κ2) is 6.39. The van der Waals surface area contributed by atoms with E-state index in [9.17, 15) is 18.3 Å². The quantitative estimate of drug-likeness (QED) is 0.776. The number of alkyl halides is 3. The van der Waals surface area contributed by atoms with E-state index in [1.165, 1.54) is 29.4 Å². The molecule has 2 heterocycles. The molecule has 0 aliphatic rings. The molecule has 0 radical (unpaired) electrons. The van der Waals surface area contributed by atoms with Crippen molar-refractivity contribution in [1.82, 2.24) is 15.0 Å². The maximum absolute atomic E-state index is 12.9. The van der Waals surface area contributed by atoms with Crippen molar-refractivity contribution in [2.75, 3.05) is 11.9 Å². The number of aromatic hydroxyl groups is 1. The molecule has 0 saturated carbocycles. The van der Waals surface area contributed by atoms with Gasteiger partial charge in [0, 0.05) is 36.8 Å². The molecule has 25 heavy (non-hydrogen) atoms. The molecule has 0 fully saturated rings. The van der Waals surface area contributed by atoms with E-state index in [0.29, 0.717) is 16.9 Å². The minimum Gasteiger partial charge on any atom is -0.493 e. The number of rotatable bonds is 3. The fourth-order valence-electron chi connectivity index (χ4n) is 2.25. The van der Waals surface area contributed by atoms with E-state index >= 15 is 0 Å². The summed E-state index contributed by atoms with van der Waals surface area (Å²) in [5.41, 5.74) is 0.701. The Bertz CT molecular complexity index is 899. The van der Waals surface area contributed by atoms with Gasteiger partial charge in [-0.2, -0.15) is 13.2 Å². The van der Waals surface area contributed by atoms with Crippen LogP contribution in [0, 0.1) is 0 Å². The van der Waals surface area contributed by atoms with E-state index < -0.39 is 11.7 Å². The van der Waals surface area contributed by atoms with Crippen molar-refractivity contribution in [2.45, 2.75) is 6.18 Å². The molecule has 0 spiro atoms. The fraction of sp³-hybridized carbons (Fsp3) is 0.118. The number of nitrogens with zero attached hydrogens (tertiary/aromatic N) is 4. The number of hydrogen-bond donors (Lipinski definition) is 1. The number of anilines is 2. The summed E-state index contributed by atoms with van der Waals surface area (Å²) in [7, 11) is 1.58. The highest BCUT2D eigenvalue weighted by molar-refractivity contribution is 5.63. The molecule has 0 aliphatic heterocycles. The van der Waals surface area contributed by atoms with Crippen LogP contribution in [0.5, 0.6) is 5.88 Å². The Balaban J connectivity index is 1.96. The molecule has 0 aliphatic carbocycles. The molecule has 0 amide bonds. The van der Waals surface area contributed by atoms with Crippen molar-refractivity contribution < 1.29 is 18.3 Å². The van der Waals surface area contributed by atoms with Gasteiger partial charge in [0.2, 0.25) is 11.8 Å². The molecule has 3 aromatic rings. The molecule has 0 saturated heterocycles. The number of pyridine rings is 1. The first-order valence-electron chi connectivity index (χ1n) is 7.24. The Morgan fingerprint density at radius 2 is 1.76 bits per heavy atom. The molecular formula is C17H13F3N4O. The Labute approximate surface area is 141 Å². The van der Waals surface area contributed by atoms with Crippen LogP contribution in [-0.2, 0) is 6.18 Å². The Morgan fingerprint density at radius 1 is 1.00 bits per heavy atom. The number of benzene rings is 1. The van der Waals surface area contributed by atoms with Crippen molar-refractivity contribution >= 4 is 11.6 Å². The minimum atomic E-state index is -4.42. The average molecular weight is 346 g/mol. The summed E-state index contributed by atoms with van der Waals surface area (Å²) >= 11 is 0. The zero-order valence-electron chi connectivity index (χ0n) is 13.1. The van der Waals surface area contributed by atoms with Crippen molar-refractivity contribution in [3.63, 3.8) is 0 Å². The van der Waals surface area contributed by atoms with Crippen molar-refractivity contribution in [1.29, 1.82) is 0 Å². The third-order valence-corrected chi connectivity index (χ3v) is 3.54. The van der Waals surface area contributed by atoms with Crippen LogP contribution < -0.4 is 4.90 Å². The van der Waals surface area contributed by atoms with Gasteiger partial charge in [0.05, 0.1) is 11.3 Å². The summed E-state index contributed by atoms with van der Waals surface area (Å²) in [6.45, 7) is 0. The molecule has 5 nitrogen and oxygen atoms in total. The molecule has 3 rings (SSSR count). The van der Waals surface area contributed by atoms with E-state index in [2.05, 4.69) is 15.0 Å². The summed E-state index contributed by atoms with van der Waals surface area (Å²) < 4.78 is 38.6. The van der Waals surface area contributed by atoms with E-state index in [0.717, 1.165) is 12.1 Å². The normalized spacial score (nSPS) is 11.4. The first-order chi connectivity index (χ1) is 11.8. The van der Waals surface area contributed by atoms with Crippen LogP contribution in [0.25, 0.3) is 11.3 Å². The van der Waals surface area contributed by atoms with E-state index in [1.54, 1.807) is 25.2 Å². The molecule has 2 aromatic heterocycles. The van der Waals surface area contributed by atoms with Gasteiger partial charge in [0.1, 0.15) is 0 Å². The predicted molar refractivity (Wildman–Crippen MR) is 86.4 cm³/mol. The molecule has 8 heteroatoms. The van der Waals surface area contributed by atoms with Gasteiger partial charge in [-0.1, -0.05) is 6.07 Å².